The van der Waals surface area contributed by atoms with Crippen molar-refractivity contribution in [3.8, 4) is 0 Å². The molecule has 0 radical (unpaired) electrons. The zero-order valence-corrected chi connectivity index (χ0v) is 16.6. The molecule has 0 aliphatic rings. The molecular formula is C21H32N4. The highest BCUT2D eigenvalue weighted by Crippen LogP contribution is 1.89. The number of rotatable bonds is 0. The minimum atomic E-state index is 1.01. The van der Waals surface area contributed by atoms with Gasteiger partial charge in [-0.25, -0.2) is 9.97 Å². The molecule has 0 aliphatic heterocycles. The standard InChI is InChI=1S/2C6H7N.C5H6N2.2C2H6/c1-6-2-4-7-5-3-6;1-6-3-2-4-7-5-6;1-5-2-3-6-4-7-5;2*1-2/h2*2-5H,1H3;2-4H,1H3;2*1-2H3. The molecule has 0 atom stereocenters. The zero-order chi connectivity index (χ0) is 19.3. The maximum Gasteiger partial charge on any atom is 0.115 e. The molecule has 3 heterocycles. The normalized spacial score (nSPS) is 7.80. The molecule has 0 amide bonds. The monoisotopic (exact) mass is 340 g/mol. The van der Waals surface area contributed by atoms with E-state index in [4.69, 9.17) is 0 Å². The molecule has 4 heteroatoms. The minimum Gasteiger partial charge on any atom is -0.265 e. The molecule has 0 aromatic carbocycles. The van der Waals surface area contributed by atoms with E-state index < -0.39 is 0 Å². The molecular weight excluding hydrogens is 308 g/mol. The topological polar surface area (TPSA) is 51.6 Å². The van der Waals surface area contributed by atoms with Crippen molar-refractivity contribution in [3.63, 3.8) is 0 Å². The summed E-state index contributed by atoms with van der Waals surface area (Å²) in [6.45, 7) is 14.0. The van der Waals surface area contributed by atoms with Crippen molar-refractivity contribution in [1.82, 2.24) is 19.9 Å². The van der Waals surface area contributed by atoms with Gasteiger partial charge in [0.05, 0.1) is 0 Å². The lowest BCUT2D eigenvalue weighted by Gasteiger charge is -1.82. The Morgan fingerprint density at radius 1 is 0.600 bits per heavy atom. The first kappa shape index (κ1) is 24.6. The Hall–Kier alpha value is -2.62. The number of nitrogens with zero attached hydrogens (tertiary/aromatic N) is 4. The highest BCUT2D eigenvalue weighted by molar-refractivity contribution is 5.05. The highest BCUT2D eigenvalue weighted by atomic mass is 14.8. The van der Waals surface area contributed by atoms with Crippen molar-refractivity contribution in [1.29, 1.82) is 0 Å². The Labute approximate surface area is 153 Å². The largest absolute Gasteiger partial charge is 0.265 e. The number of aromatic nitrogens is 4. The average Bonchev–Trinajstić information content (AvgIpc) is 2.68. The van der Waals surface area contributed by atoms with E-state index in [2.05, 4.69) is 19.9 Å². The van der Waals surface area contributed by atoms with Crippen LogP contribution in [0.25, 0.3) is 0 Å². The fourth-order valence-electron chi connectivity index (χ4n) is 1.23. The fraction of sp³-hybridized carbons (Fsp3) is 0.333. The summed E-state index contributed by atoms with van der Waals surface area (Å²) in [7, 11) is 0. The van der Waals surface area contributed by atoms with Gasteiger partial charge < -0.3 is 0 Å². The molecule has 136 valence electrons. The Balaban J connectivity index is 0. The van der Waals surface area contributed by atoms with Gasteiger partial charge in [0, 0.05) is 36.7 Å². The van der Waals surface area contributed by atoms with Gasteiger partial charge in [-0.15, -0.1) is 0 Å². The molecule has 0 fully saturated rings. The van der Waals surface area contributed by atoms with Gasteiger partial charge in [0.15, 0.2) is 0 Å². The lowest BCUT2D eigenvalue weighted by atomic mass is 10.3. The molecule has 0 aliphatic carbocycles. The van der Waals surface area contributed by atoms with Crippen molar-refractivity contribution < 1.29 is 0 Å². The van der Waals surface area contributed by atoms with Crippen LogP contribution in [0.2, 0.25) is 0 Å². The summed E-state index contributed by atoms with van der Waals surface area (Å²) >= 11 is 0. The van der Waals surface area contributed by atoms with Crippen molar-refractivity contribution in [3.05, 3.63) is 84.5 Å². The molecule has 4 nitrogen and oxygen atoms in total. The van der Waals surface area contributed by atoms with Gasteiger partial charge in [0.2, 0.25) is 0 Å². The lowest BCUT2D eigenvalue weighted by molar-refractivity contribution is 1.10. The van der Waals surface area contributed by atoms with Gasteiger partial charge in [-0.1, -0.05) is 33.8 Å². The molecule has 3 aromatic rings. The maximum absolute atomic E-state index is 3.88. The molecule has 0 saturated heterocycles. The second-order valence-electron chi connectivity index (χ2n) is 4.41. The van der Waals surface area contributed by atoms with Gasteiger partial charge in [0.1, 0.15) is 6.33 Å². The number of pyridine rings is 2. The molecule has 0 N–H and O–H groups in total. The van der Waals surface area contributed by atoms with Crippen LogP contribution in [-0.4, -0.2) is 19.9 Å². The first-order valence-corrected chi connectivity index (χ1v) is 8.64. The van der Waals surface area contributed by atoms with Crippen LogP contribution in [0, 0.1) is 20.8 Å². The predicted octanol–water partition coefficient (Wildman–Crippen LogP) is 5.62. The molecule has 0 bridgehead atoms. The fourth-order valence-corrected chi connectivity index (χ4v) is 1.23. The molecule has 0 unspecified atom stereocenters. The van der Waals surface area contributed by atoms with Crippen molar-refractivity contribution in [2.45, 2.75) is 48.5 Å². The van der Waals surface area contributed by atoms with E-state index in [0.29, 0.717) is 0 Å². The van der Waals surface area contributed by atoms with E-state index in [1.165, 1.54) is 17.5 Å². The van der Waals surface area contributed by atoms with Crippen LogP contribution in [0.4, 0.5) is 0 Å². The second kappa shape index (κ2) is 19.4. The third-order valence-electron chi connectivity index (χ3n) is 2.39. The SMILES string of the molecule is CC.CC.Cc1cccnc1.Cc1ccncc1.Cc1ccncn1. The molecule has 3 rings (SSSR count). The second-order valence-corrected chi connectivity index (χ2v) is 4.41. The smallest absolute Gasteiger partial charge is 0.115 e. The molecule has 3 aromatic heterocycles. The quantitative estimate of drug-likeness (QED) is 0.533. The first-order chi connectivity index (χ1) is 12.2. The molecule has 0 spiro atoms. The van der Waals surface area contributed by atoms with Gasteiger partial charge in [-0.05, 0) is 56.2 Å². The van der Waals surface area contributed by atoms with Crippen LogP contribution in [0.5, 0.6) is 0 Å². The zero-order valence-electron chi connectivity index (χ0n) is 16.6. The Morgan fingerprint density at radius 3 is 1.44 bits per heavy atom. The van der Waals surface area contributed by atoms with E-state index in [1.807, 2.05) is 85.0 Å². The number of hydrogen-bond acceptors (Lipinski definition) is 4. The Bertz CT molecular complexity index is 495. The van der Waals surface area contributed by atoms with Gasteiger partial charge in [-0.3, -0.25) is 9.97 Å². The summed E-state index contributed by atoms with van der Waals surface area (Å²) in [5, 5.41) is 0. The van der Waals surface area contributed by atoms with Crippen LogP contribution < -0.4 is 0 Å². The highest BCUT2D eigenvalue weighted by Gasteiger charge is 1.75. The third-order valence-corrected chi connectivity index (χ3v) is 2.39. The summed E-state index contributed by atoms with van der Waals surface area (Å²) in [6, 6.07) is 9.75. The van der Waals surface area contributed by atoms with Crippen molar-refractivity contribution >= 4 is 0 Å². The Morgan fingerprint density at radius 2 is 1.20 bits per heavy atom. The summed E-state index contributed by atoms with van der Waals surface area (Å²) in [5.41, 5.74) is 3.48. The van der Waals surface area contributed by atoms with Gasteiger partial charge in [0.25, 0.3) is 0 Å². The van der Waals surface area contributed by atoms with Crippen LogP contribution in [-0.2, 0) is 0 Å². The maximum atomic E-state index is 3.88. The number of aryl methyl sites for hydroxylation is 3. The van der Waals surface area contributed by atoms with E-state index >= 15 is 0 Å². The van der Waals surface area contributed by atoms with Crippen LogP contribution in [0.3, 0.4) is 0 Å². The summed E-state index contributed by atoms with van der Waals surface area (Å²) in [4.78, 5) is 15.3. The van der Waals surface area contributed by atoms with Gasteiger partial charge in [-0.2, -0.15) is 0 Å². The summed E-state index contributed by atoms with van der Waals surface area (Å²) < 4.78 is 0. The lowest BCUT2D eigenvalue weighted by Crippen LogP contribution is -1.77. The van der Waals surface area contributed by atoms with E-state index in [-0.39, 0.29) is 0 Å². The number of hydrogen-bond donors (Lipinski definition) is 0. The third kappa shape index (κ3) is 17.6. The molecule has 0 saturated carbocycles. The predicted molar refractivity (Wildman–Crippen MR) is 107 cm³/mol. The summed E-state index contributed by atoms with van der Waals surface area (Å²) in [5.74, 6) is 0. The first-order valence-electron chi connectivity index (χ1n) is 8.64. The van der Waals surface area contributed by atoms with Crippen LogP contribution in [0.15, 0.2) is 67.6 Å². The Kier molecular flexibility index (Phi) is 19.1. The summed E-state index contributed by atoms with van der Waals surface area (Å²) in [6.07, 6.45) is 10.4. The van der Waals surface area contributed by atoms with E-state index in [9.17, 15) is 0 Å². The van der Waals surface area contributed by atoms with E-state index in [0.717, 1.165) is 5.69 Å². The molecule has 25 heavy (non-hydrogen) atoms. The minimum absolute atomic E-state index is 1.01. The average molecular weight is 341 g/mol. The van der Waals surface area contributed by atoms with Crippen LogP contribution in [0.1, 0.15) is 44.5 Å². The van der Waals surface area contributed by atoms with Crippen molar-refractivity contribution in [2.24, 2.45) is 0 Å². The van der Waals surface area contributed by atoms with Crippen LogP contribution >= 0.6 is 0 Å². The van der Waals surface area contributed by atoms with E-state index in [1.54, 1.807) is 24.8 Å². The van der Waals surface area contributed by atoms with Gasteiger partial charge >= 0.3 is 0 Å². The van der Waals surface area contributed by atoms with Crippen molar-refractivity contribution in [2.75, 3.05) is 0 Å².